The van der Waals surface area contributed by atoms with Crippen LogP contribution in [0.15, 0.2) is 5.11 Å². The fraction of sp³-hybridized carbons (Fsp3) is 0.773. The molecular formula is C44H63N3O26. The average Bonchev–Trinajstić information content (AvgIpc) is 3.27. The predicted molar refractivity (Wildman–Crippen MR) is 233 cm³/mol. The summed E-state index contributed by atoms with van der Waals surface area (Å²) in [5.74, 6) is -9.42. The summed E-state index contributed by atoms with van der Waals surface area (Å²) in [6, 6.07) is 0. The van der Waals surface area contributed by atoms with E-state index < -0.39 is 172 Å². The van der Waals surface area contributed by atoms with Crippen molar-refractivity contribution in [1.29, 1.82) is 0 Å². The fourth-order valence-electron chi connectivity index (χ4n) is 7.77. The number of carbonyl (C=O) groups is 10. The lowest BCUT2D eigenvalue weighted by Gasteiger charge is -2.50. The first kappa shape index (κ1) is 61.1. The molecule has 0 radical (unpaired) electrons. The molecule has 15 atom stereocenters. The molecule has 3 aliphatic rings. The lowest BCUT2D eigenvalue weighted by atomic mass is 9.95. The third-order valence-electron chi connectivity index (χ3n) is 10.3. The van der Waals surface area contributed by atoms with Crippen molar-refractivity contribution in [3.63, 3.8) is 0 Å². The molecule has 0 aromatic carbocycles. The summed E-state index contributed by atoms with van der Waals surface area (Å²) in [7, 11) is 0. The number of carbonyl (C=O) groups excluding carboxylic acids is 10. The Morgan fingerprint density at radius 3 is 1.08 bits per heavy atom. The molecule has 0 bridgehead atoms. The van der Waals surface area contributed by atoms with E-state index in [2.05, 4.69) is 10.0 Å². The largest absolute Gasteiger partial charge is 0.463 e. The van der Waals surface area contributed by atoms with Crippen molar-refractivity contribution in [2.24, 2.45) is 5.11 Å². The number of esters is 10. The SMILES string of the molecule is CC(=O)OCC1O[C@H](O[C@@H]2C(OC(C)=O)[C@@H](OC3[C@@H](OCCCCCCN=[N+]=[N-])OC(COC(C)=O)[C@@H](OC(C)=O)[C@@H]3OC(C)=O)OC(COC(C)=O)[C@H]2OC(C)=O)C(OC(C)=O)[C@@H](OC(C)=O)[C@@H]1OC(C)=O. The van der Waals surface area contributed by atoms with Gasteiger partial charge in [-0.15, -0.1) is 0 Å². The first-order chi connectivity index (χ1) is 34.4. The summed E-state index contributed by atoms with van der Waals surface area (Å²) in [5, 5.41) is 3.51. The maximum absolute atomic E-state index is 13.2. The molecular weight excluding hydrogens is 986 g/mol. The van der Waals surface area contributed by atoms with Crippen molar-refractivity contribution in [2.45, 2.75) is 187 Å². The van der Waals surface area contributed by atoms with E-state index in [0.29, 0.717) is 25.7 Å². The second kappa shape index (κ2) is 30.1. The summed E-state index contributed by atoms with van der Waals surface area (Å²) in [5.41, 5.74) is 8.62. The van der Waals surface area contributed by atoms with Gasteiger partial charge in [0.25, 0.3) is 0 Å². The van der Waals surface area contributed by atoms with Gasteiger partial charge in [0.05, 0.1) is 0 Å². The maximum atomic E-state index is 13.2. The van der Waals surface area contributed by atoms with Crippen LogP contribution in [0.2, 0.25) is 0 Å². The van der Waals surface area contributed by atoms with E-state index in [1.54, 1.807) is 0 Å². The van der Waals surface area contributed by atoms with Crippen LogP contribution in [-0.4, -0.2) is 185 Å². The molecule has 3 fully saturated rings. The molecule has 3 saturated heterocycles. The normalized spacial score (nSPS) is 29.6. The number of unbranched alkanes of at least 4 members (excludes halogenated alkanes) is 3. The molecule has 0 N–H and O–H groups in total. The monoisotopic (exact) mass is 1050 g/mol. The van der Waals surface area contributed by atoms with Crippen LogP contribution in [0.25, 0.3) is 10.4 Å². The quantitative estimate of drug-likeness (QED) is 0.0308. The standard InChI is InChI=1S/C44H63N3O26/c1-20(48)59-17-30-33(62-23(4)51)36(65-26(7)54)39(42(69-30)58-16-14-12-11-13-15-46-47-45)73-44-41(68-29(10)57)38(35(64-25(6)53)32(71-44)19-61-22(3)50)72-43-40(67-28(9)56)37(66-27(8)55)34(63-24(5)52)31(70-43)18-60-21(2)49/h30-44H,11-19H2,1-10H3/t30?,31?,32?,33-,34-,35-,36+,37+,38+,39?,40?,41?,42+,43-,44-/m1/s1. The van der Waals surface area contributed by atoms with Gasteiger partial charge in [-0.3, -0.25) is 47.9 Å². The molecule has 6 unspecified atom stereocenters. The van der Waals surface area contributed by atoms with E-state index >= 15 is 0 Å². The van der Waals surface area contributed by atoms with Crippen LogP contribution in [0.5, 0.6) is 0 Å². The highest BCUT2D eigenvalue weighted by atomic mass is 16.8. The molecule has 29 nitrogen and oxygen atoms in total. The van der Waals surface area contributed by atoms with Crippen LogP contribution in [0.4, 0.5) is 0 Å². The van der Waals surface area contributed by atoms with E-state index in [1.807, 2.05) is 0 Å². The second-order valence-electron chi connectivity index (χ2n) is 16.5. The topological polar surface area (TPSA) is 367 Å². The van der Waals surface area contributed by atoms with Gasteiger partial charge in [-0.1, -0.05) is 18.0 Å². The van der Waals surface area contributed by atoms with Gasteiger partial charge in [0, 0.05) is 87.3 Å². The van der Waals surface area contributed by atoms with E-state index in [4.69, 9.17) is 81.3 Å². The summed E-state index contributed by atoms with van der Waals surface area (Å²) in [6.07, 6.45) is -24.6. The lowest BCUT2D eigenvalue weighted by molar-refractivity contribution is -0.386. The Hall–Kier alpha value is -6.23. The fourth-order valence-corrected chi connectivity index (χ4v) is 7.77. The minimum Gasteiger partial charge on any atom is -0.463 e. The molecule has 410 valence electrons. The zero-order valence-corrected chi connectivity index (χ0v) is 42.0. The second-order valence-corrected chi connectivity index (χ2v) is 16.5. The Morgan fingerprint density at radius 2 is 0.699 bits per heavy atom. The number of hydrogen-bond donors (Lipinski definition) is 0. The Kier molecular flexibility index (Phi) is 25.2. The van der Waals surface area contributed by atoms with Gasteiger partial charge in [-0.2, -0.15) is 0 Å². The van der Waals surface area contributed by atoms with Crippen molar-refractivity contribution in [3.8, 4) is 0 Å². The average molecular weight is 1050 g/mol. The summed E-state index contributed by atoms with van der Waals surface area (Å²) >= 11 is 0. The van der Waals surface area contributed by atoms with Crippen LogP contribution >= 0.6 is 0 Å². The molecule has 3 rings (SSSR count). The number of azide groups is 1. The van der Waals surface area contributed by atoms with Crippen LogP contribution in [0, 0.1) is 0 Å². The molecule has 3 heterocycles. The van der Waals surface area contributed by atoms with Gasteiger partial charge in [0.1, 0.15) is 44.2 Å². The van der Waals surface area contributed by atoms with E-state index in [-0.39, 0.29) is 13.2 Å². The van der Waals surface area contributed by atoms with Gasteiger partial charge < -0.3 is 75.8 Å². The van der Waals surface area contributed by atoms with Gasteiger partial charge in [0.15, 0.2) is 67.7 Å². The third kappa shape index (κ3) is 20.3. The number of nitrogens with zero attached hydrogens (tertiary/aromatic N) is 3. The summed E-state index contributed by atoms with van der Waals surface area (Å²) < 4.78 is 93.1. The predicted octanol–water partition coefficient (Wildman–Crippen LogP) is 1.03. The zero-order chi connectivity index (χ0) is 54.5. The van der Waals surface area contributed by atoms with Gasteiger partial charge >= 0.3 is 59.7 Å². The van der Waals surface area contributed by atoms with Crippen LogP contribution in [0.1, 0.15) is 94.9 Å². The molecule has 3 aliphatic heterocycles. The smallest absolute Gasteiger partial charge is 0.303 e. The molecule has 0 aromatic rings. The van der Waals surface area contributed by atoms with Crippen LogP contribution in [-0.2, 0) is 124 Å². The summed E-state index contributed by atoms with van der Waals surface area (Å²) in [4.78, 5) is 129. The van der Waals surface area contributed by atoms with Crippen molar-refractivity contribution >= 4 is 59.7 Å². The van der Waals surface area contributed by atoms with Gasteiger partial charge in [-0.05, 0) is 18.4 Å². The Balaban J connectivity index is 2.33. The lowest BCUT2D eigenvalue weighted by Crippen LogP contribution is -2.69. The molecule has 29 heteroatoms. The molecule has 0 aliphatic carbocycles. The van der Waals surface area contributed by atoms with E-state index in [9.17, 15) is 47.9 Å². The Morgan fingerprint density at radius 1 is 0.384 bits per heavy atom. The Labute approximate surface area is 418 Å². The van der Waals surface area contributed by atoms with Crippen molar-refractivity contribution in [3.05, 3.63) is 10.4 Å². The van der Waals surface area contributed by atoms with Gasteiger partial charge in [0.2, 0.25) is 0 Å². The maximum Gasteiger partial charge on any atom is 0.303 e. The first-order valence-corrected chi connectivity index (χ1v) is 22.9. The van der Waals surface area contributed by atoms with E-state index in [0.717, 1.165) is 69.2 Å². The highest BCUT2D eigenvalue weighted by molar-refractivity contribution is 5.70. The van der Waals surface area contributed by atoms with Crippen molar-refractivity contribution < 1.29 is 124 Å². The Bertz CT molecular complexity index is 2000. The molecule has 0 spiro atoms. The van der Waals surface area contributed by atoms with Crippen molar-refractivity contribution in [1.82, 2.24) is 0 Å². The first-order valence-electron chi connectivity index (χ1n) is 22.9. The van der Waals surface area contributed by atoms with Crippen LogP contribution in [0.3, 0.4) is 0 Å². The molecule has 0 aromatic heterocycles. The highest BCUT2D eigenvalue weighted by Gasteiger charge is 2.60. The minimum absolute atomic E-state index is 0.0888. The van der Waals surface area contributed by atoms with Gasteiger partial charge in [-0.25, -0.2) is 0 Å². The molecule has 73 heavy (non-hydrogen) atoms. The zero-order valence-electron chi connectivity index (χ0n) is 42.0. The highest BCUT2D eigenvalue weighted by Crippen LogP contribution is 2.38. The molecule has 0 saturated carbocycles. The molecule has 0 amide bonds. The number of ether oxygens (including phenoxy) is 16. The summed E-state index contributed by atoms with van der Waals surface area (Å²) in [6.45, 7) is 8.21. The number of rotatable bonds is 25. The van der Waals surface area contributed by atoms with Crippen LogP contribution < -0.4 is 0 Å². The minimum atomic E-state index is -2.05. The number of hydrogen-bond acceptors (Lipinski definition) is 27. The third-order valence-corrected chi connectivity index (χ3v) is 10.3. The van der Waals surface area contributed by atoms with E-state index in [1.165, 1.54) is 0 Å². The van der Waals surface area contributed by atoms with Crippen molar-refractivity contribution in [2.75, 3.05) is 33.0 Å².